The number of aromatic nitrogens is 9. The zero-order valence-corrected chi connectivity index (χ0v) is 22.2. The summed E-state index contributed by atoms with van der Waals surface area (Å²) in [6, 6.07) is 5.84. The fourth-order valence-corrected chi connectivity index (χ4v) is 4.48. The van der Waals surface area contributed by atoms with Gasteiger partial charge in [-0.3, -0.25) is 4.68 Å². The third-order valence-electron chi connectivity index (χ3n) is 6.46. The predicted molar refractivity (Wildman–Crippen MR) is 145 cm³/mol. The van der Waals surface area contributed by atoms with Crippen LogP contribution < -0.4 is 15.4 Å². The molecular weight excluding hydrogens is 532 g/mol. The van der Waals surface area contributed by atoms with Crippen molar-refractivity contribution < 1.29 is 13.5 Å². The number of ether oxygens (including phenoxy) is 1. The standard InChI is InChI=1S/C27H25F2N11O/c1-3-41-19-10-21(28)20(22(29)11-19)14-40-24(16-4-5-16)15(2)23(39-40)25-36-26(34-17-6-8-30-32-12-17)38-27(37-25)35-18-7-9-31-33-13-18/h6-13,16H,3-5,14H2,1-2H3,(H2,30,31,34,35,36,37,38). The number of benzene rings is 1. The van der Waals surface area contributed by atoms with Gasteiger partial charge in [0.1, 0.15) is 23.1 Å². The molecule has 0 amide bonds. The highest BCUT2D eigenvalue weighted by atomic mass is 19.1. The van der Waals surface area contributed by atoms with E-state index in [1.54, 1.807) is 36.1 Å². The molecule has 41 heavy (non-hydrogen) atoms. The van der Waals surface area contributed by atoms with Crippen molar-refractivity contribution in [2.45, 2.75) is 39.2 Å². The average molecular weight is 558 g/mol. The Morgan fingerprint density at radius 1 is 0.902 bits per heavy atom. The van der Waals surface area contributed by atoms with E-state index < -0.39 is 11.6 Å². The first-order valence-corrected chi connectivity index (χ1v) is 13.0. The quantitative estimate of drug-likeness (QED) is 0.246. The van der Waals surface area contributed by atoms with Crippen molar-refractivity contribution in [2.75, 3.05) is 17.2 Å². The van der Waals surface area contributed by atoms with Crippen molar-refractivity contribution in [1.82, 2.24) is 45.1 Å². The summed E-state index contributed by atoms with van der Waals surface area (Å²) in [7, 11) is 0. The molecule has 1 saturated carbocycles. The van der Waals surface area contributed by atoms with E-state index in [-0.39, 0.29) is 41.5 Å². The van der Waals surface area contributed by atoms with E-state index in [0.717, 1.165) is 24.1 Å². The van der Waals surface area contributed by atoms with Crippen molar-refractivity contribution in [3.8, 4) is 17.3 Å². The molecule has 1 aliphatic rings. The van der Waals surface area contributed by atoms with Crippen LogP contribution in [0.2, 0.25) is 0 Å². The number of nitrogens with one attached hydrogen (secondary N) is 2. The van der Waals surface area contributed by atoms with E-state index in [1.807, 2.05) is 6.92 Å². The SMILES string of the molecule is CCOc1cc(F)c(Cn2nc(-c3nc(Nc4ccnnc4)nc(Nc4ccnnc4)n3)c(C)c2C2CC2)c(F)c1. The summed E-state index contributed by atoms with van der Waals surface area (Å²) in [5, 5.41) is 26.3. The molecule has 0 spiro atoms. The van der Waals surface area contributed by atoms with Crippen LogP contribution in [-0.2, 0) is 6.54 Å². The molecule has 2 N–H and O–H groups in total. The summed E-state index contributed by atoms with van der Waals surface area (Å²) < 4.78 is 36.9. The molecule has 208 valence electrons. The van der Waals surface area contributed by atoms with Crippen molar-refractivity contribution in [3.05, 3.63) is 77.5 Å². The Kier molecular flexibility index (Phi) is 7.10. The van der Waals surface area contributed by atoms with Crippen molar-refractivity contribution in [2.24, 2.45) is 0 Å². The lowest BCUT2D eigenvalue weighted by molar-refractivity contribution is 0.335. The molecule has 6 rings (SSSR count). The highest BCUT2D eigenvalue weighted by Crippen LogP contribution is 2.44. The van der Waals surface area contributed by atoms with Crippen LogP contribution in [0.1, 0.15) is 42.5 Å². The van der Waals surface area contributed by atoms with Crippen LogP contribution in [-0.4, -0.2) is 51.7 Å². The molecule has 4 aromatic heterocycles. The van der Waals surface area contributed by atoms with Gasteiger partial charge in [-0.1, -0.05) is 0 Å². The Balaban J connectivity index is 1.41. The summed E-state index contributed by atoms with van der Waals surface area (Å²) in [5.74, 6) is -0.270. The zero-order chi connectivity index (χ0) is 28.3. The van der Waals surface area contributed by atoms with Gasteiger partial charge in [-0.2, -0.15) is 40.4 Å². The van der Waals surface area contributed by atoms with Gasteiger partial charge >= 0.3 is 0 Å². The van der Waals surface area contributed by atoms with E-state index >= 15 is 0 Å². The molecule has 1 fully saturated rings. The first-order valence-electron chi connectivity index (χ1n) is 13.0. The molecule has 0 atom stereocenters. The second-order valence-corrected chi connectivity index (χ2v) is 9.41. The Hall–Kier alpha value is -5.14. The third kappa shape index (κ3) is 5.76. The maximum Gasteiger partial charge on any atom is 0.232 e. The van der Waals surface area contributed by atoms with Gasteiger partial charge in [-0.05, 0) is 38.8 Å². The summed E-state index contributed by atoms with van der Waals surface area (Å²) in [6.45, 7) is 3.88. The molecule has 4 heterocycles. The van der Waals surface area contributed by atoms with Crippen LogP contribution in [0.4, 0.5) is 32.1 Å². The molecule has 5 aromatic rings. The highest BCUT2D eigenvalue weighted by Gasteiger charge is 2.32. The van der Waals surface area contributed by atoms with Crippen LogP contribution in [0.25, 0.3) is 11.5 Å². The Morgan fingerprint density at radius 3 is 2.02 bits per heavy atom. The highest BCUT2D eigenvalue weighted by molar-refractivity contribution is 5.63. The number of rotatable bonds is 10. The number of nitrogens with zero attached hydrogens (tertiary/aromatic N) is 9. The fraction of sp³-hybridized carbons (Fsp3) is 0.259. The average Bonchev–Trinajstić information content (AvgIpc) is 3.74. The van der Waals surface area contributed by atoms with Crippen LogP contribution in [0.3, 0.4) is 0 Å². The van der Waals surface area contributed by atoms with Crippen LogP contribution in [0, 0.1) is 18.6 Å². The fourth-order valence-electron chi connectivity index (χ4n) is 4.48. The summed E-state index contributed by atoms with van der Waals surface area (Å²) >= 11 is 0. The number of halogens is 2. The predicted octanol–water partition coefficient (Wildman–Crippen LogP) is 4.71. The van der Waals surface area contributed by atoms with Crippen molar-refractivity contribution in [3.63, 3.8) is 0 Å². The molecule has 14 heteroatoms. The van der Waals surface area contributed by atoms with Gasteiger partial charge < -0.3 is 15.4 Å². The molecular formula is C27H25F2N11O. The summed E-state index contributed by atoms with van der Waals surface area (Å²) in [6.07, 6.45) is 8.07. The minimum atomic E-state index is -0.694. The van der Waals surface area contributed by atoms with Gasteiger partial charge in [0.15, 0.2) is 5.82 Å². The summed E-state index contributed by atoms with van der Waals surface area (Å²) in [4.78, 5) is 13.7. The Morgan fingerprint density at radius 2 is 1.51 bits per heavy atom. The molecule has 0 aliphatic heterocycles. The van der Waals surface area contributed by atoms with E-state index in [0.29, 0.717) is 23.7 Å². The lowest BCUT2D eigenvalue weighted by Crippen LogP contribution is -2.10. The lowest BCUT2D eigenvalue weighted by atomic mass is 10.1. The lowest BCUT2D eigenvalue weighted by Gasteiger charge is -2.11. The van der Waals surface area contributed by atoms with Gasteiger partial charge in [0.2, 0.25) is 11.9 Å². The largest absolute Gasteiger partial charge is 0.494 e. The molecule has 0 saturated heterocycles. The van der Waals surface area contributed by atoms with Gasteiger partial charge in [0.25, 0.3) is 0 Å². The monoisotopic (exact) mass is 557 g/mol. The van der Waals surface area contributed by atoms with Crippen molar-refractivity contribution in [1.29, 1.82) is 0 Å². The first-order chi connectivity index (χ1) is 20.0. The maximum absolute atomic E-state index is 15.0. The normalized spacial score (nSPS) is 12.8. The number of hydrogen-bond donors (Lipinski definition) is 2. The van der Waals surface area contributed by atoms with E-state index in [1.165, 1.54) is 24.5 Å². The van der Waals surface area contributed by atoms with Crippen LogP contribution >= 0.6 is 0 Å². The van der Waals surface area contributed by atoms with Gasteiger partial charge in [0.05, 0.1) is 49.3 Å². The smallest absolute Gasteiger partial charge is 0.232 e. The van der Waals surface area contributed by atoms with Gasteiger partial charge in [-0.15, -0.1) is 0 Å². The van der Waals surface area contributed by atoms with E-state index in [9.17, 15) is 8.78 Å². The second kappa shape index (κ2) is 11.2. The number of anilines is 4. The molecule has 12 nitrogen and oxygen atoms in total. The topological polar surface area (TPSA) is 141 Å². The molecule has 0 unspecified atom stereocenters. The molecule has 1 aliphatic carbocycles. The minimum absolute atomic E-state index is 0.0938. The van der Waals surface area contributed by atoms with Gasteiger partial charge in [-0.25, -0.2) is 8.78 Å². The Bertz CT molecular complexity index is 1600. The van der Waals surface area contributed by atoms with Gasteiger partial charge in [0, 0.05) is 34.9 Å². The summed E-state index contributed by atoms with van der Waals surface area (Å²) in [5.41, 5.74) is 3.35. The molecule has 0 radical (unpaired) electrons. The first kappa shape index (κ1) is 26.1. The molecule has 0 bridgehead atoms. The van der Waals surface area contributed by atoms with Crippen LogP contribution in [0.15, 0.2) is 49.1 Å². The van der Waals surface area contributed by atoms with E-state index in [2.05, 4.69) is 46.0 Å². The number of hydrogen-bond acceptors (Lipinski definition) is 11. The van der Waals surface area contributed by atoms with Crippen LogP contribution in [0.5, 0.6) is 5.75 Å². The van der Waals surface area contributed by atoms with Crippen molar-refractivity contribution >= 4 is 23.3 Å². The second-order valence-electron chi connectivity index (χ2n) is 9.41. The third-order valence-corrected chi connectivity index (χ3v) is 6.46. The molecule has 1 aromatic carbocycles. The maximum atomic E-state index is 15.0. The minimum Gasteiger partial charge on any atom is -0.494 e. The zero-order valence-electron chi connectivity index (χ0n) is 22.2. The van der Waals surface area contributed by atoms with E-state index in [4.69, 9.17) is 9.84 Å². The Labute approximate surface area is 233 Å².